The fraction of sp³-hybridized carbons (Fsp3) is 0.667. The van der Waals surface area contributed by atoms with E-state index in [1.165, 1.54) is 4.90 Å². The summed E-state index contributed by atoms with van der Waals surface area (Å²) in [6.45, 7) is 0. The fourth-order valence-corrected chi connectivity index (χ4v) is 0. The summed E-state index contributed by atoms with van der Waals surface area (Å²) < 4.78 is 0. The molecule has 0 spiro atoms. The van der Waals surface area contributed by atoms with Crippen molar-refractivity contribution in [1.82, 2.24) is 4.90 Å². The lowest BCUT2D eigenvalue weighted by Gasteiger charge is -2.03. The Morgan fingerprint density at radius 1 is 1.57 bits per heavy atom. The maximum absolute atomic E-state index is 6.64. The van der Waals surface area contributed by atoms with E-state index in [1.807, 2.05) is 0 Å². The van der Waals surface area contributed by atoms with Gasteiger partial charge in [0.25, 0.3) is 0 Å². The SMILES string of the molecule is CN(C)C(=N)Cl.Cl. The Bertz CT molecular complexity index is 62.0. The zero-order chi connectivity index (χ0) is 5.15. The van der Waals surface area contributed by atoms with Crippen LogP contribution in [0.25, 0.3) is 0 Å². The molecule has 0 saturated heterocycles. The van der Waals surface area contributed by atoms with Crippen molar-refractivity contribution in [2.45, 2.75) is 0 Å². The van der Waals surface area contributed by atoms with Gasteiger partial charge in [0.15, 0.2) is 5.29 Å². The molecule has 0 fully saturated rings. The van der Waals surface area contributed by atoms with Crippen LogP contribution in [-0.2, 0) is 0 Å². The minimum Gasteiger partial charge on any atom is -0.354 e. The maximum atomic E-state index is 6.64. The Morgan fingerprint density at radius 2 is 1.71 bits per heavy atom. The first kappa shape index (κ1) is 10.1. The van der Waals surface area contributed by atoms with Gasteiger partial charge in [0.05, 0.1) is 0 Å². The van der Waals surface area contributed by atoms with Crippen molar-refractivity contribution in [1.29, 1.82) is 5.41 Å². The molecule has 44 valence electrons. The first-order valence-corrected chi connectivity index (χ1v) is 1.93. The Kier molecular flexibility index (Phi) is 6.09. The molecule has 0 heterocycles. The van der Waals surface area contributed by atoms with E-state index in [0.29, 0.717) is 0 Å². The molecule has 2 nitrogen and oxygen atoms in total. The van der Waals surface area contributed by atoms with E-state index in [1.54, 1.807) is 14.1 Å². The van der Waals surface area contributed by atoms with Gasteiger partial charge in [0, 0.05) is 14.1 Å². The molecule has 0 radical (unpaired) electrons. The van der Waals surface area contributed by atoms with Crippen LogP contribution in [0.4, 0.5) is 0 Å². The molecule has 0 aliphatic heterocycles. The van der Waals surface area contributed by atoms with Crippen LogP contribution in [0.5, 0.6) is 0 Å². The number of hydrogen-bond donors (Lipinski definition) is 1. The second-order valence-corrected chi connectivity index (χ2v) is 1.54. The Morgan fingerprint density at radius 3 is 1.71 bits per heavy atom. The zero-order valence-corrected chi connectivity index (χ0v) is 5.81. The quantitative estimate of drug-likeness (QED) is 0.307. The van der Waals surface area contributed by atoms with Gasteiger partial charge in [-0.15, -0.1) is 12.4 Å². The highest BCUT2D eigenvalue weighted by atomic mass is 35.5. The Balaban J connectivity index is 0. The van der Waals surface area contributed by atoms with Gasteiger partial charge in [-0.25, -0.2) is 0 Å². The van der Waals surface area contributed by atoms with Crippen LogP contribution in [0.15, 0.2) is 0 Å². The number of amidine groups is 1. The van der Waals surface area contributed by atoms with Crippen molar-refractivity contribution in [2.24, 2.45) is 0 Å². The van der Waals surface area contributed by atoms with Crippen LogP contribution in [0.2, 0.25) is 0 Å². The lowest BCUT2D eigenvalue weighted by atomic mass is 11.0. The van der Waals surface area contributed by atoms with Crippen molar-refractivity contribution in [3.8, 4) is 0 Å². The van der Waals surface area contributed by atoms with Gasteiger partial charge >= 0.3 is 0 Å². The highest BCUT2D eigenvalue weighted by Crippen LogP contribution is 1.80. The third-order valence-electron chi connectivity index (χ3n) is 0.393. The predicted molar refractivity (Wildman–Crippen MR) is 34.5 cm³/mol. The van der Waals surface area contributed by atoms with Gasteiger partial charge in [-0.1, -0.05) is 0 Å². The van der Waals surface area contributed by atoms with Crippen LogP contribution >= 0.6 is 24.0 Å². The first-order chi connectivity index (χ1) is 2.64. The van der Waals surface area contributed by atoms with Crippen molar-refractivity contribution < 1.29 is 0 Å². The van der Waals surface area contributed by atoms with Crippen molar-refractivity contribution in [3.05, 3.63) is 0 Å². The molecule has 7 heavy (non-hydrogen) atoms. The lowest BCUT2D eigenvalue weighted by molar-refractivity contribution is 0.630. The molecule has 0 unspecified atom stereocenters. The van der Waals surface area contributed by atoms with Crippen molar-refractivity contribution >= 4 is 29.3 Å². The molecule has 0 saturated carbocycles. The van der Waals surface area contributed by atoms with Gasteiger partial charge in [0.1, 0.15) is 0 Å². The van der Waals surface area contributed by atoms with Gasteiger partial charge in [-0.3, -0.25) is 5.41 Å². The standard InChI is InChI=1S/C3H7ClN2.ClH/c1-6(2)3(4)5;/h5H,1-2H3;1H. The number of halogens is 2. The molecule has 0 amide bonds. The van der Waals surface area contributed by atoms with Crippen LogP contribution in [-0.4, -0.2) is 24.3 Å². The highest BCUT2D eigenvalue weighted by Gasteiger charge is 1.85. The van der Waals surface area contributed by atoms with Crippen molar-refractivity contribution in [3.63, 3.8) is 0 Å². The van der Waals surface area contributed by atoms with Crippen LogP contribution in [0.1, 0.15) is 0 Å². The summed E-state index contributed by atoms with van der Waals surface area (Å²) in [6.07, 6.45) is 0. The Labute approximate surface area is 54.4 Å². The topological polar surface area (TPSA) is 27.1 Å². The molecule has 0 aliphatic rings. The minimum absolute atomic E-state index is 0. The summed E-state index contributed by atoms with van der Waals surface area (Å²) >= 11 is 5.12. The number of nitrogens with zero attached hydrogens (tertiary/aromatic N) is 1. The van der Waals surface area contributed by atoms with Gasteiger partial charge < -0.3 is 4.90 Å². The van der Waals surface area contributed by atoms with E-state index in [0.717, 1.165) is 0 Å². The molecule has 0 bridgehead atoms. The molecule has 4 heteroatoms. The first-order valence-electron chi connectivity index (χ1n) is 1.56. The van der Waals surface area contributed by atoms with E-state index in [9.17, 15) is 0 Å². The normalized spacial score (nSPS) is 6.71. The summed E-state index contributed by atoms with van der Waals surface area (Å²) in [5.74, 6) is 0. The maximum Gasteiger partial charge on any atom is 0.190 e. The monoisotopic (exact) mass is 142 g/mol. The van der Waals surface area contributed by atoms with E-state index in [4.69, 9.17) is 17.0 Å². The van der Waals surface area contributed by atoms with E-state index in [2.05, 4.69) is 0 Å². The van der Waals surface area contributed by atoms with Crippen LogP contribution in [0.3, 0.4) is 0 Å². The number of nitrogens with one attached hydrogen (secondary N) is 1. The molecule has 0 aromatic carbocycles. The molecular formula is C3H8Cl2N2. The largest absolute Gasteiger partial charge is 0.354 e. The van der Waals surface area contributed by atoms with Gasteiger partial charge in [-0.05, 0) is 11.6 Å². The number of rotatable bonds is 0. The minimum atomic E-state index is 0. The van der Waals surface area contributed by atoms with E-state index in [-0.39, 0.29) is 17.7 Å². The summed E-state index contributed by atoms with van der Waals surface area (Å²) in [5, 5.41) is 6.71. The smallest absolute Gasteiger partial charge is 0.190 e. The Hall–Kier alpha value is 0.0500. The zero-order valence-electron chi connectivity index (χ0n) is 4.23. The molecule has 0 aromatic heterocycles. The highest BCUT2D eigenvalue weighted by molar-refractivity contribution is 6.63. The molecule has 1 N–H and O–H groups in total. The number of hydrogen-bond acceptors (Lipinski definition) is 1. The third kappa shape index (κ3) is 6.05. The summed E-state index contributed by atoms with van der Waals surface area (Å²) in [4.78, 5) is 1.52. The second kappa shape index (κ2) is 4.22. The average Bonchev–Trinajstić information content (AvgIpc) is 1.36. The summed E-state index contributed by atoms with van der Waals surface area (Å²) in [6, 6.07) is 0. The van der Waals surface area contributed by atoms with Crippen LogP contribution < -0.4 is 0 Å². The summed E-state index contributed by atoms with van der Waals surface area (Å²) in [5.41, 5.74) is 0. The third-order valence-corrected chi connectivity index (χ3v) is 0.731. The van der Waals surface area contributed by atoms with E-state index >= 15 is 0 Å². The summed E-state index contributed by atoms with van der Waals surface area (Å²) in [7, 11) is 3.44. The second-order valence-electron chi connectivity index (χ2n) is 1.19. The molecule has 0 atom stereocenters. The average molecular weight is 143 g/mol. The predicted octanol–water partition coefficient (Wildman–Crippen LogP) is 1.14. The fourth-order valence-electron chi connectivity index (χ4n) is 0. The van der Waals surface area contributed by atoms with Gasteiger partial charge in [0.2, 0.25) is 0 Å². The van der Waals surface area contributed by atoms with Gasteiger partial charge in [-0.2, -0.15) is 0 Å². The van der Waals surface area contributed by atoms with Crippen molar-refractivity contribution in [2.75, 3.05) is 14.1 Å². The van der Waals surface area contributed by atoms with Crippen LogP contribution in [0, 0.1) is 5.41 Å². The molecule has 0 aromatic rings. The molecule has 0 rings (SSSR count). The lowest BCUT2D eigenvalue weighted by Crippen LogP contribution is -2.13. The molecular weight excluding hydrogens is 135 g/mol. The molecule has 0 aliphatic carbocycles. The van der Waals surface area contributed by atoms with E-state index < -0.39 is 0 Å².